The molecule has 0 aliphatic heterocycles. The van der Waals surface area contributed by atoms with Gasteiger partial charge >= 0.3 is 0 Å². The highest BCUT2D eigenvalue weighted by Crippen LogP contribution is 2.22. The number of unbranched alkanes of at least 4 members (excludes halogenated alkanes) is 1. The molecule has 0 bridgehead atoms. The van der Waals surface area contributed by atoms with E-state index in [0.717, 1.165) is 37.7 Å². The molecule has 0 spiro atoms. The third-order valence-corrected chi connectivity index (χ3v) is 6.59. The van der Waals surface area contributed by atoms with Crippen molar-refractivity contribution in [2.45, 2.75) is 89.5 Å². The van der Waals surface area contributed by atoms with Crippen molar-refractivity contribution in [1.82, 2.24) is 10.0 Å². The second-order valence-electron chi connectivity index (χ2n) is 8.32. The summed E-state index contributed by atoms with van der Waals surface area (Å²) in [5.41, 5.74) is 2.03. The Morgan fingerprint density at radius 3 is 2.23 bits per heavy atom. The number of hydrogen-bond donors (Lipinski definition) is 2. The van der Waals surface area contributed by atoms with Crippen molar-refractivity contribution in [3.05, 3.63) is 35.4 Å². The summed E-state index contributed by atoms with van der Waals surface area (Å²) >= 11 is -1.03. The Balaban J connectivity index is 1.77. The molecule has 0 aromatic heterocycles. The number of amides is 1. The Bertz CT molecular complexity index is 560. The van der Waals surface area contributed by atoms with Gasteiger partial charge in [-0.05, 0) is 77.0 Å². The van der Waals surface area contributed by atoms with Crippen molar-refractivity contribution in [3.63, 3.8) is 0 Å². The van der Waals surface area contributed by atoms with Gasteiger partial charge in [0.25, 0.3) is 5.91 Å². The van der Waals surface area contributed by atoms with Gasteiger partial charge in [-0.3, -0.25) is 4.79 Å². The zero-order valence-electron chi connectivity index (χ0n) is 16.6. The normalized spacial score (nSPS) is 22.0. The molecule has 26 heavy (non-hydrogen) atoms. The van der Waals surface area contributed by atoms with E-state index in [1.54, 1.807) is 0 Å². The second-order valence-corrected chi connectivity index (χ2v) is 10.3. The predicted octanol–water partition coefficient (Wildman–Crippen LogP) is 4.12. The van der Waals surface area contributed by atoms with Crippen LogP contribution < -0.4 is 10.0 Å². The topological polar surface area (TPSA) is 64.2 Å². The van der Waals surface area contributed by atoms with Crippen molar-refractivity contribution in [2.75, 3.05) is 0 Å². The minimum absolute atomic E-state index is 0.0155. The summed E-state index contributed by atoms with van der Waals surface area (Å²) in [5.74, 6) is 0.0155. The van der Waals surface area contributed by atoms with Crippen LogP contribution in [0, 0.1) is 0 Å². The molecule has 1 fully saturated rings. The Morgan fingerprint density at radius 1 is 1.12 bits per heavy atom. The highest BCUT2D eigenvalue weighted by atomic mass is 32.2. The van der Waals surface area contributed by atoms with Gasteiger partial charge in [0, 0.05) is 23.0 Å². The molecule has 4 nitrogen and oxygen atoms in total. The number of carbonyl (C=O) groups is 1. The summed E-state index contributed by atoms with van der Waals surface area (Å²) in [6, 6.07) is 8.48. The third-order valence-electron chi connectivity index (χ3n) is 4.93. The number of aryl methyl sites for hydroxylation is 1. The fraction of sp³-hybridized carbons (Fsp3) is 0.667. The summed E-state index contributed by atoms with van der Waals surface area (Å²) in [7, 11) is 0. The fourth-order valence-electron chi connectivity index (χ4n) is 3.16. The molecule has 5 heteroatoms. The van der Waals surface area contributed by atoms with Crippen molar-refractivity contribution in [1.29, 1.82) is 0 Å². The summed E-state index contributed by atoms with van der Waals surface area (Å²) in [4.78, 5) is 12.5. The Kier molecular flexibility index (Phi) is 7.99. The molecule has 1 atom stereocenters. The van der Waals surface area contributed by atoms with Gasteiger partial charge in [0.2, 0.25) is 0 Å². The second kappa shape index (κ2) is 9.77. The van der Waals surface area contributed by atoms with E-state index in [9.17, 15) is 9.35 Å². The van der Waals surface area contributed by atoms with Crippen molar-refractivity contribution >= 4 is 17.3 Å². The molecular weight excluding hydrogens is 344 g/mol. The molecule has 1 aromatic carbocycles. The molecule has 0 saturated heterocycles. The van der Waals surface area contributed by atoms with Crippen LogP contribution in [0.3, 0.4) is 0 Å². The van der Waals surface area contributed by atoms with Crippen LogP contribution in [0.2, 0.25) is 0 Å². The summed E-state index contributed by atoms with van der Waals surface area (Å²) in [6.45, 7) is 8.13. The lowest BCUT2D eigenvalue weighted by Crippen LogP contribution is -2.48. The molecule has 1 aliphatic rings. The standard InChI is InChI=1S/C21H34N2O2S/c1-5-6-7-16-8-10-17(11-9-16)20(24)22-18-12-14-19(15-13-18)23-26(25)21(2,3)4/h8-11,18-19,23H,5-7,12-15H2,1-4H3,(H,22,24)/t18-,19-,26?. The Labute approximate surface area is 161 Å². The maximum atomic E-state index is 12.5. The van der Waals surface area contributed by atoms with E-state index in [2.05, 4.69) is 29.1 Å². The van der Waals surface area contributed by atoms with E-state index >= 15 is 0 Å². The lowest BCUT2D eigenvalue weighted by molar-refractivity contribution is 0.0925. The molecule has 1 aliphatic carbocycles. The highest BCUT2D eigenvalue weighted by Gasteiger charge is 2.31. The SMILES string of the molecule is CCCCc1ccc(C(=O)N[C@H]2CC[C@H](N[S+]([O-])C(C)(C)C)CC2)cc1. The van der Waals surface area contributed by atoms with Crippen molar-refractivity contribution in [3.8, 4) is 0 Å². The van der Waals surface area contributed by atoms with Crippen LogP contribution in [0.1, 0.15) is 82.1 Å². The highest BCUT2D eigenvalue weighted by molar-refractivity contribution is 7.90. The van der Waals surface area contributed by atoms with Crippen LogP contribution in [-0.4, -0.2) is 27.3 Å². The Morgan fingerprint density at radius 2 is 1.69 bits per heavy atom. The number of benzene rings is 1. The van der Waals surface area contributed by atoms with Gasteiger partial charge in [-0.25, -0.2) is 0 Å². The van der Waals surface area contributed by atoms with Gasteiger partial charge in [0.15, 0.2) is 0 Å². The van der Waals surface area contributed by atoms with Crippen LogP contribution >= 0.6 is 0 Å². The van der Waals surface area contributed by atoms with Crippen LogP contribution in [-0.2, 0) is 17.8 Å². The zero-order valence-corrected chi connectivity index (χ0v) is 17.5. The molecule has 1 saturated carbocycles. The lowest BCUT2D eigenvalue weighted by atomic mass is 9.91. The molecule has 1 amide bonds. The third kappa shape index (κ3) is 6.60. The molecule has 1 aromatic rings. The monoisotopic (exact) mass is 378 g/mol. The maximum absolute atomic E-state index is 12.5. The van der Waals surface area contributed by atoms with Crippen LogP contribution in [0.4, 0.5) is 0 Å². The fourth-order valence-corrected chi connectivity index (χ4v) is 4.05. The average molecular weight is 379 g/mol. The summed E-state index contributed by atoms with van der Waals surface area (Å²) < 4.78 is 15.2. The number of hydrogen-bond acceptors (Lipinski definition) is 3. The maximum Gasteiger partial charge on any atom is 0.251 e. The molecule has 2 rings (SSSR count). The molecular formula is C21H34N2O2S. The van der Waals surface area contributed by atoms with Crippen molar-refractivity contribution < 1.29 is 9.35 Å². The molecule has 146 valence electrons. The zero-order chi connectivity index (χ0) is 19.2. The number of rotatable bonds is 7. The van der Waals surface area contributed by atoms with Gasteiger partial charge in [0.1, 0.15) is 4.75 Å². The first-order chi connectivity index (χ1) is 12.3. The van der Waals surface area contributed by atoms with Crippen LogP contribution in [0.5, 0.6) is 0 Å². The quantitative estimate of drug-likeness (QED) is 0.702. The number of carbonyl (C=O) groups excluding carboxylic acids is 1. The van der Waals surface area contributed by atoms with E-state index in [0.29, 0.717) is 0 Å². The first kappa shape index (κ1) is 21.3. The summed E-state index contributed by atoms with van der Waals surface area (Å²) in [5, 5.41) is 3.16. The first-order valence-corrected chi connectivity index (χ1v) is 11.0. The predicted molar refractivity (Wildman–Crippen MR) is 110 cm³/mol. The Hall–Kier alpha value is -1.04. The van der Waals surface area contributed by atoms with Crippen LogP contribution in [0.15, 0.2) is 24.3 Å². The van der Waals surface area contributed by atoms with E-state index in [4.69, 9.17) is 0 Å². The smallest absolute Gasteiger partial charge is 0.251 e. The molecule has 0 radical (unpaired) electrons. The van der Waals surface area contributed by atoms with E-state index in [-0.39, 0.29) is 22.7 Å². The largest absolute Gasteiger partial charge is 0.598 e. The molecule has 2 N–H and O–H groups in total. The van der Waals surface area contributed by atoms with Crippen LogP contribution in [0.25, 0.3) is 0 Å². The van der Waals surface area contributed by atoms with E-state index in [1.807, 2.05) is 32.9 Å². The van der Waals surface area contributed by atoms with Gasteiger partial charge in [-0.2, -0.15) is 0 Å². The first-order valence-electron chi connectivity index (χ1n) is 9.87. The van der Waals surface area contributed by atoms with Gasteiger partial charge in [0.05, 0.1) is 6.04 Å². The number of nitrogens with one attached hydrogen (secondary N) is 2. The minimum Gasteiger partial charge on any atom is -0.598 e. The minimum atomic E-state index is -1.03. The van der Waals surface area contributed by atoms with Gasteiger partial charge in [-0.15, -0.1) is 4.72 Å². The summed E-state index contributed by atoms with van der Waals surface area (Å²) in [6.07, 6.45) is 7.20. The van der Waals surface area contributed by atoms with Crippen molar-refractivity contribution in [2.24, 2.45) is 0 Å². The molecule has 1 unspecified atom stereocenters. The lowest BCUT2D eigenvalue weighted by Gasteiger charge is -2.32. The van der Waals surface area contributed by atoms with E-state index < -0.39 is 11.4 Å². The van der Waals surface area contributed by atoms with Gasteiger partial charge < -0.3 is 9.87 Å². The van der Waals surface area contributed by atoms with Gasteiger partial charge in [-0.1, -0.05) is 25.5 Å². The average Bonchev–Trinajstić information content (AvgIpc) is 2.61. The van der Waals surface area contributed by atoms with E-state index in [1.165, 1.54) is 18.4 Å². The molecule has 0 heterocycles.